The fourth-order valence-electron chi connectivity index (χ4n) is 4.86. The standard InChI is InChI=1S/C20H22FN5O3/c21-15-7-22-5-3-13(15)20(28)26-8-11-1-2-12(9-26)17(11)23-19(27)18-14-10-29-6-4-16(14)24-25-18/h3,5,7,11-12,17H,1-2,4,6,8-10H2,(H,23,27)(H,24,25)/t11-,12+,17?. The maximum Gasteiger partial charge on any atom is 0.272 e. The maximum atomic E-state index is 14.0. The molecule has 1 saturated heterocycles. The molecule has 2 amide bonds. The topological polar surface area (TPSA) is 100 Å². The van der Waals surface area contributed by atoms with Crippen LogP contribution in [0.5, 0.6) is 0 Å². The van der Waals surface area contributed by atoms with E-state index in [1.165, 1.54) is 12.3 Å². The molecule has 8 nitrogen and oxygen atoms in total. The number of rotatable bonds is 3. The fraction of sp³-hybridized carbons (Fsp3) is 0.500. The monoisotopic (exact) mass is 399 g/mol. The number of nitrogens with one attached hydrogen (secondary N) is 2. The third-order valence-corrected chi connectivity index (χ3v) is 6.33. The van der Waals surface area contributed by atoms with Crippen LogP contribution in [0.4, 0.5) is 4.39 Å². The Bertz CT molecular complexity index is 947. The van der Waals surface area contributed by atoms with Crippen LogP contribution in [0.3, 0.4) is 0 Å². The lowest BCUT2D eigenvalue weighted by molar-refractivity contribution is 0.0592. The summed E-state index contributed by atoms with van der Waals surface area (Å²) in [5.74, 6) is -0.819. The molecule has 2 N–H and O–H groups in total. The third-order valence-electron chi connectivity index (χ3n) is 6.33. The number of nitrogens with zero attached hydrogens (tertiary/aromatic N) is 3. The molecular formula is C20H22FN5O3. The van der Waals surface area contributed by atoms with Crippen molar-refractivity contribution < 1.29 is 18.7 Å². The first-order valence-electron chi connectivity index (χ1n) is 9.95. The van der Waals surface area contributed by atoms with E-state index < -0.39 is 5.82 Å². The Morgan fingerprint density at radius 2 is 2.07 bits per heavy atom. The van der Waals surface area contributed by atoms with Gasteiger partial charge in [0.2, 0.25) is 0 Å². The number of fused-ring (bicyclic) bond motifs is 3. The van der Waals surface area contributed by atoms with Crippen LogP contribution < -0.4 is 5.32 Å². The van der Waals surface area contributed by atoms with Gasteiger partial charge >= 0.3 is 0 Å². The second-order valence-corrected chi connectivity index (χ2v) is 7.99. The summed E-state index contributed by atoms with van der Waals surface area (Å²) >= 11 is 0. The number of halogens is 1. The van der Waals surface area contributed by atoms with Crippen LogP contribution >= 0.6 is 0 Å². The highest BCUT2D eigenvalue weighted by atomic mass is 19.1. The molecule has 2 aliphatic heterocycles. The smallest absolute Gasteiger partial charge is 0.272 e. The Morgan fingerprint density at radius 3 is 2.83 bits per heavy atom. The minimum absolute atomic E-state index is 0.00861. The van der Waals surface area contributed by atoms with Crippen LogP contribution in [-0.4, -0.2) is 57.6 Å². The summed E-state index contributed by atoms with van der Waals surface area (Å²) in [4.78, 5) is 31.0. The van der Waals surface area contributed by atoms with E-state index in [0.717, 1.165) is 36.7 Å². The number of pyridine rings is 1. The van der Waals surface area contributed by atoms with E-state index in [9.17, 15) is 14.0 Å². The summed E-state index contributed by atoms with van der Waals surface area (Å²) in [5, 5.41) is 10.3. The van der Waals surface area contributed by atoms with Gasteiger partial charge in [0.05, 0.1) is 25.0 Å². The summed E-state index contributed by atoms with van der Waals surface area (Å²) in [6.07, 6.45) is 5.07. The molecule has 9 heteroatoms. The van der Waals surface area contributed by atoms with Crippen molar-refractivity contribution in [3.63, 3.8) is 0 Å². The molecule has 4 heterocycles. The number of likely N-dealkylation sites (tertiary alicyclic amines) is 1. The molecule has 0 radical (unpaired) electrons. The minimum atomic E-state index is -0.606. The largest absolute Gasteiger partial charge is 0.376 e. The van der Waals surface area contributed by atoms with Gasteiger partial charge in [0, 0.05) is 43.0 Å². The summed E-state index contributed by atoms with van der Waals surface area (Å²) in [6.45, 7) is 2.03. The van der Waals surface area contributed by atoms with Crippen molar-refractivity contribution in [3.8, 4) is 0 Å². The Balaban J connectivity index is 1.29. The van der Waals surface area contributed by atoms with Crippen LogP contribution in [0.25, 0.3) is 0 Å². The van der Waals surface area contributed by atoms with E-state index in [2.05, 4.69) is 20.5 Å². The van der Waals surface area contributed by atoms with Crippen molar-refractivity contribution in [2.24, 2.45) is 11.8 Å². The van der Waals surface area contributed by atoms with Gasteiger partial charge in [0.15, 0.2) is 11.5 Å². The van der Waals surface area contributed by atoms with Crippen molar-refractivity contribution in [1.29, 1.82) is 0 Å². The number of amides is 2. The SMILES string of the molecule is O=C(NC1[C@@H]2CC[C@H]1CN(C(=O)c1ccncc1F)C2)c1n[nH]c2c1COCC2. The molecule has 0 aromatic carbocycles. The zero-order chi connectivity index (χ0) is 20.0. The number of aromatic nitrogens is 3. The number of ether oxygens (including phenoxy) is 1. The van der Waals surface area contributed by atoms with Crippen LogP contribution in [0, 0.1) is 17.7 Å². The highest BCUT2D eigenvalue weighted by molar-refractivity contribution is 5.95. The lowest BCUT2D eigenvalue weighted by Crippen LogP contribution is -2.54. The molecule has 2 bridgehead atoms. The quantitative estimate of drug-likeness (QED) is 0.810. The predicted octanol–water partition coefficient (Wildman–Crippen LogP) is 1.30. The lowest BCUT2D eigenvalue weighted by Gasteiger charge is -2.38. The molecule has 2 fully saturated rings. The first-order chi connectivity index (χ1) is 14.1. The second-order valence-electron chi connectivity index (χ2n) is 7.99. The summed E-state index contributed by atoms with van der Waals surface area (Å²) in [7, 11) is 0. The molecule has 1 saturated carbocycles. The molecule has 29 heavy (non-hydrogen) atoms. The molecular weight excluding hydrogens is 377 g/mol. The summed E-state index contributed by atoms with van der Waals surface area (Å²) < 4.78 is 19.4. The zero-order valence-electron chi connectivity index (χ0n) is 15.9. The average Bonchev–Trinajstić information content (AvgIpc) is 3.25. The lowest BCUT2D eigenvalue weighted by atomic mass is 9.91. The van der Waals surface area contributed by atoms with Crippen LogP contribution in [-0.2, 0) is 17.8 Å². The number of carbonyl (C=O) groups is 2. The molecule has 2 aromatic heterocycles. The van der Waals surface area contributed by atoms with Gasteiger partial charge < -0.3 is 15.0 Å². The van der Waals surface area contributed by atoms with Crippen molar-refractivity contribution in [2.75, 3.05) is 19.7 Å². The fourth-order valence-corrected chi connectivity index (χ4v) is 4.86. The van der Waals surface area contributed by atoms with E-state index in [-0.39, 0.29) is 35.3 Å². The highest BCUT2D eigenvalue weighted by Crippen LogP contribution is 2.37. The van der Waals surface area contributed by atoms with E-state index in [0.29, 0.717) is 32.0 Å². The van der Waals surface area contributed by atoms with E-state index in [4.69, 9.17) is 4.74 Å². The number of carbonyl (C=O) groups excluding carboxylic acids is 2. The van der Waals surface area contributed by atoms with Crippen molar-refractivity contribution >= 4 is 11.8 Å². The second kappa shape index (κ2) is 7.22. The van der Waals surface area contributed by atoms with Gasteiger partial charge in [-0.15, -0.1) is 0 Å². The number of aromatic amines is 1. The Hall–Kier alpha value is -2.81. The third kappa shape index (κ3) is 3.19. The number of piperidine rings is 1. The number of hydrogen-bond donors (Lipinski definition) is 2. The van der Waals surface area contributed by atoms with Crippen LogP contribution in [0.1, 0.15) is 44.9 Å². The van der Waals surface area contributed by atoms with E-state index in [1.54, 1.807) is 4.90 Å². The molecule has 3 atom stereocenters. The zero-order valence-corrected chi connectivity index (χ0v) is 15.9. The normalized spacial score (nSPS) is 25.6. The predicted molar refractivity (Wildman–Crippen MR) is 99.5 cm³/mol. The first kappa shape index (κ1) is 18.2. The van der Waals surface area contributed by atoms with Crippen molar-refractivity contribution in [3.05, 3.63) is 46.8 Å². The molecule has 2 aromatic rings. The van der Waals surface area contributed by atoms with E-state index in [1.807, 2.05) is 0 Å². The highest BCUT2D eigenvalue weighted by Gasteiger charge is 2.44. The first-order valence-corrected chi connectivity index (χ1v) is 9.95. The molecule has 152 valence electrons. The molecule has 3 aliphatic rings. The Kier molecular flexibility index (Phi) is 4.54. The Morgan fingerprint density at radius 1 is 1.28 bits per heavy atom. The van der Waals surface area contributed by atoms with Gasteiger partial charge in [-0.05, 0) is 30.7 Å². The van der Waals surface area contributed by atoms with Crippen LogP contribution in [0.2, 0.25) is 0 Å². The van der Waals surface area contributed by atoms with E-state index >= 15 is 0 Å². The molecule has 0 spiro atoms. The molecule has 5 rings (SSSR count). The average molecular weight is 399 g/mol. The van der Waals surface area contributed by atoms with Gasteiger partial charge in [0.1, 0.15) is 0 Å². The summed E-state index contributed by atoms with van der Waals surface area (Å²) in [5.41, 5.74) is 2.24. The minimum Gasteiger partial charge on any atom is -0.376 e. The summed E-state index contributed by atoms with van der Waals surface area (Å²) in [6, 6.07) is 1.40. The van der Waals surface area contributed by atoms with Gasteiger partial charge in [-0.25, -0.2) is 4.39 Å². The van der Waals surface area contributed by atoms with Gasteiger partial charge in [-0.1, -0.05) is 0 Å². The van der Waals surface area contributed by atoms with Crippen LogP contribution in [0.15, 0.2) is 18.5 Å². The Labute approximate surface area is 166 Å². The number of H-pyrrole nitrogens is 1. The number of hydrogen-bond acceptors (Lipinski definition) is 5. The van der Waals surface area contributed by atoms with Crippen molar-refractivity contribution in [1.82, 2.24) is 25.4 Å². The van der Waals surface area contributed by atoms with Gasteiger partial charge in [-0.2, -0.15) is 5.10 Å². The molecule has 1 unspecified atom stereocenters. The van der Waals surface area contributed by atoms with Gasteiger partial charge in [0.25, 0.3) is 11.8 Å². The van der Waals surface area contributed by atoms with Crippen molar-refractivity contribution in [2.45, 2.75) is 31.9 Å². The maximum absolute atomic E-state index is 14.0. The molecule has 1 aliphatic carbocycles. The van der Waals surface area contributed by atoms with Gasteiger partial charge in [-0.3, -0.25) is 19.7 Å².